The van der Waals surface area contributed by atoms with Crippen molar-refractivity contribution in [1.82, 2.24) is 4.40 Å². The molecule has 0 amide bonds. The third-order valence-electron chi connectivity index (χ3n) is 2.48. The predicted molar refractivity (Wildman–Crippen MR) is 60.1 cm³/mol. The molecule has 0 saturated heterocycles. The van der Waals surface area contributed by atoms with E-state index < -0.39 is 11.9 Å². The summed E-state index contributed by atoms with van der Waals surface area (Å²) in [6.45, 7) is 0. The van der Waals surface area contributed by atoms with Crippen LogP contribution in [-0.2, 0) is 9.47 Å². The van der Waals surface area contributed by atoms with Crippen LogP contribution >= 0.6 is 0 Å². The van der Waals surface area contributed by atoms with Crippen LogP contribution in [-0.4, -0.2) is 30.6 Å². The summed E-state index contributed by atoms with van der Waals surface area (Å²) in [5.41, 5.74) is 1.03. The van der Waals surface area contributed by atoms with Crippen molar-refractivity contribution < 1.29 is 19.1 Å². The zero-order chi connectivity index (χ0) is 12.4. The van der Waals surface area contributed by atoms with Gasteiger partial charge in [-0.15, -0.1) is 0 Å². The molecule has 0 aromatic carbocycles. The molecule has 0 spiro atoms. The highest BCUT2D eigenvalue weighted by Gasteiger charge is 2.23. The average Bonchev–Trinajstić information content (AvgIpc) is 2.76. The zero-order valence-corrected chi connectivity index (χ0v) is 9.47. The number of rotatable bonds is 2. The minimum Gasteiger partial charge on any atom is -0.465 e. The van der Waals surface area contributed by atoms with Crippen LogP contribution in [0.2, 0.25) is 0 Å². The van der Waals surface area contributed by atoms with Gasteiger partial charge in [0.2, 0.25) is 0 Å². The summed E-state index contributed by atoms with van der Waals surface area (Å²) in [7, 11) is 2.54. The van der Waals surface area contributed by atoms with Crippen LogP contribution in [0.4, 0.5) is 0 Å². The molecule has 0 fully saturated rings. The molecule has 2 aromatic heterocycles. The lowest BCUT2D eigenvalue weighted by Gasteiger charge is -2.00. The fourth-order valence-corrected chi connectivity index (χ4v) is 1.70. The van der Waals surface area contributed by atoms with Gasteiger partial charge in [0.05, 0.1) is 30.9 Å². The van der Waals surface area contributed by atoms with Gasteiger partial charge in [-0.1, -0.05) is 6.07 Å². The second kappa shape index (κ2) is 4.29. The number of hydrogen-bond acceptors (Lipinski definition) is 4. The maximum Gasteiger partial charge on any atom is 0.340 e. The van der Waals surface area contributed by atoms with Crippen molar-refractivity contribution in [2.45, 2.75) is 0 Å². The van der Waals surface area contributed by atoms with Gasteiger partial charge in [-0.25, -0.2) is 9.59 Å². The molecule has 2 rings (SSSR count). The van der Waals surface area contributed by atoms with Crippen LogP contribution in [0.3, 0.4) is 0 Å². The molecule has 0 saturated carbocycles. The minimum atomic E-state index is -0.561. The maximum absolute atomic E-state index is 11.7. The SMILES string of the molecule is COC(=O)c1cn2ccccc2c1C(=O)OC. The molecule has 5 heteroatoms. The first-order chi connectivity index (χ1) is 8.19. The second-order valence-corrected chi connectivity index (χ2v) is 3.39. The van der Waals surface area contributed by atoms with Gasteiger partial charge in [0.15, 0.2) is 0 Å². The molecule has 0 aliphatic heterocycles. The smallest absolute Gasteiger partial charge is 0.340 e. The van der Waals surface area contributed by atoms with E-state index in [0.717, 1.165) is 0 Å². The Bertz CT molecular complexity index is 585. The third kappa shape index (κ3) is 1.75. The van der Waals surface area contributed by atoms with Gasteiger partial charge in [0.25, 0.3) is 0 Å². The number of hydrogen-bond donors (Lipinski definition) is 0. The van der Waals surface area contributed by atoms with Crippen molar-refractivity contribution in [1.29, 1.82) is 0 Å². The van der Waals surface area contributed by atoms with E-state index in [1.807, 2.05) is 0 Å². The van der Waals surface area contributed by atoms with Gasteiger partial charge >= 0.3 is 11.9 Å². The van der Waals surface area contributed by atoms with Gasteiger partial charge < -0.3 is 13.9 Å². The molecular weight excluding hydrogens is 222 g/mol. The summed E-state index contributed by atoms with van der Waals surface area (Å²) >= 11 is 0. The Kier molecular flexibility index (Phi) is 2.82. The first-order valence-electron chi connectivity index (χ1n) is 4.95. The molecule has 5 nitrogen and oxygen atoms in total. The Morgan fingerprint density at radius 1 is 1.12 bits per heavy atom. The van der Waals surface area contributed by atoms with E-state index in [2.05, 4.69) is 9.47 Å². The molecule has 2 heterocycles. The number of esters is 2. The molecule has 0 atom stereocenters. The number of carbonyl (C=O) groups is 2. The monoisotopic (exact) mass is 233 g/mol. The highest BCUT2D eigenvalue weighted by molar-refractivity contribution is 6.08. The van der Waals surface area contributed by atoms with Gasteiger partial charge in [-0.05, 0) is 12.1 Å². The van der Waals surface area contributed by atoms with Crippen molar-refractivity contribution in [3.8, 4) is 0 Å². The fourth-order valence-electron chi connectivity index (χ4n) is 1.70. The molecule has 0 bridgehead atoms. The lowest BCUT2D eigenvalue weighted by molar-refractivity contribution is 0.0558. The summed E-state index contributed by atoms with van der Waals surface area (Å²) in [6.07, 6.45) is 3.29. The summed E-state index contributed by atoms with van der Waals surface area (Å²) in [5, 5.41) is 0. The van der Waals surface area contributed by atoms with Crippen molar-refractivity contribution in [2.75, 3.05) is 14.2 Å². The van der Waals surface area contributed by atoms with E-state index in [1.54, 1.807) is 35.0 Å². The van der Waals surface area contributed by atoms with Crippen LogP contribution in [0.15, 0.2) is 30.6 Å². The number of methoxy groups -OCH3 is 2. The average molecular weight is 233 g/mol. The van der Waals surface area contributed by atoms with Crippen LogP contribution in [0.25, 0.3) is 5.52 Å². The minimum absolute atomic E-state index is 0.200. The highest BCUT2D eigenvalue weighted by Crippen LogP contribution is 2.20. The van der Waals surface area contributed by atoms with E-state index in [0.29, 0.717) is 5.52 Å². The molecular formula is C12H11NO4. The Morgan fingerprint density at radius 2 is 1.82 bits per heavy atom. The van der Waals surface area contributed by atoms with Crippen molar-refractivity contribution in [3.63, 3.8) is 0 Å². The van der Waals surface area contributed by atoms with Crippen LogP contribution < -0.4 is 0 Å². The first kappa shape index (κ1) is 11.2. The summed E-state index contributed by atoms with van der Waals surface area (Å²) in [5.74, 6) is -1.12. The van der Waals surface area contributed by atoms with E-state index >= 15 is 0 Å². The first-order valence-corrected chi connectivity index (χ1v) is 4.95. The van der Waals surface area contributed by atoms with Crippen LogP contribution in [0, 0.1) is 0 Å². The maximum atomic E-state index is 11.7. The number of nitrogens with zero attached hydrogens (tertiary/aromatic N) is 1. The molecule has 0 unspecified atom stereocenters. The summed E-state index contributed by atoms with van der Waals surface area (Å²) in [4.78, 5) is 23.3. The van der Waals surface area contributed by atoms with Gasteiger partial charge in [0, 0.05) is 12.4 Å². The largest absolute Gasteiger partial charge is 0.465 e. The summed E-state index contributed by atoms with van der Waals surface area (Å²) in [6, 6.07) is 5.32. The Hall–Kier alpha value is -2.30. The van der Waals surface area contributed by atoms with E-state index in [1.165, 1.54) is 14.2 Å². The molecule has 0 N–H and O–H groups in total. The Morgan fingerprint density at radius 3 is 2.47 bits per heavy atom. The van der Waals surface area contributed by atoms with Crippen molar-refractivity contribution in [2.24, 2.45) is 0 Å². The van der Waals surface area contributed by atoms with Gasteiger partial charge in [-0.3, -0.25) is 0 Å². The van der Waals surface area contributed by atoms with Gasteiger partial charge in [-0.2, -0.15) is 0 Å². The van der Waals surface area contributed by atoms with Crippen molar-refractivity contribution in [3.05, 3.63) is 41.7 Å². The second-order valence-electron chi connectivity index (χ2n) is 3.39. The van der Waals surface area contributed by atoms with Gasteiger partial charge in [0.1, 0.15) is 0 Å². The molecule has 0 aliphatic rings. The third-order valence-corrected chi connectivity index (χ3v) is 2.48. The fraction of sp³-hybridized carbons (Fsp3) is 0.167. The molecule has 88 valence electrons. The number of aromatic nitrogens is 1. The lowest BCUT2D eigenvalue weighted by atomic mass is 10.1. The molecule has 0 aliphatic carbocycles. The normalized spacial score (nSPS) is 10.2. The van der Waals surface area contributed by atoms with E-state index in [4.69, 9.17) is 0 Å². The van der Waals surface area contributed by atoms with Crippen LogP contribution in [0.5, 0.6) is 0 Å². The van der Waals surface area contributed by atoms with E-state index in [-0.39, 0.29) is 11.1 Å². The number of pyridine rings is 1. The summed E-state index contributed by atoms with van der Waals surface area (Å²) < 4.78 is 11.0. The topological polar surface area (TPSA) is 57.0 Å². The Labute approximate surface area is 97.6 Å². The van der Waals surface area contributed by atoms with Crippen LogP contribution in [0.1, 0.15) is 20.7 Å². The predicted octanol–water partition coefficient (Wildman–Crippen LogP) is 1.51. The molecule has 2 aromatic rings. The quantitative estimate of drug-likeness (QED) is 0.738. The molecule has 0 radical (unpaired) electrons. The highest BCUT2D eigenvalue weighted by atomic mass is 16.5. The standard InChI is InChI=1S/C12H11NO4/c1-16-11(14)8-7-13-6-4-3-5-9(13)10(8)12(15)17-2/h3-7H,1-2H3. The van der Waals surface area contributed by atoms with E-state index in [9.17, 15) is 9.59 Å². The Balaban J connectivity index is 2.73. The lowest BCUT2D eigenvalue weighted by Crippen LogP contribution is -2.09. The number of ether oxygens (including phenoxy) is 2. The number of fused-ring (bicyclic) bond motifs is 1. The van der Waals surface area contributed by atoms with Crippen molar-refractivity contribution >= 4 is 17.5 Å². The zero-order valence-electron chi connectivity index (χ0n) is 9.47. The number of carbonyl (C=O) groups excluding carboxylic acids is 2. The molecule has 17 heavy (non-hydrogen) atoms.